The van der Waals surface area contributed by atoms with Crippen LogP contribution < -0.4 is 15.4 Å². The molecule has 1 saturated carbocycles. The third-order valence-electron chi connectivity index (χ3n) is 4.34. The molecule has 3 heteroatoms. The Bertz CT molecular complexity index is 464. The van der Waals surface area contributed by atoms with Gasteiger partial charge in [-0.2, -0.15) is 0 Å². The molecular weight excluding hydrogens is 248 g/mol. The van der Waals surface area contributed by atoms with Crippen molar-refractivity contribution in [2.75, 3.05) is 18.4 Å². The highest BCUT2D eigenvalue weighted by Crippen LogP contribution is 2.33. The SMILES string of the molecule is CC1(C)CNc2cc(CCNC3CCCC3)ccc2O1. The highest BCUT2D eigenvalue weighted by molar-refractivity contribution is 5.60. The predicted molar refractivity (Wildman–Crippen MR) is 83.6 cm³/mol. The van der Waals surface area contributed by atoms with Crippen molar-refractivity contribution < 1.29 is 4.74 Å². The van der Waals surface area contributed by atoms with Crippen LogP contribution in [0.15, 0.2) is 18.2 Å². The zero-order valence-corrected chi connectivity index (χ0v) is 12.7. The van der Waals surface area contributed by atoms with Crippen LogP contribution >= 0.6 is 0 Å². The molecule has 0 unspecified atom stereocenters. The molecule has 0 saturated heterocycles. The summed E-state index contributed by atoms with van der Waals surface area (Å²) in [5.41, 5.74) is 2.41. The van der Waals surface area contributed by atoms with Gasteiger partial charge in [0, 0.05) is 6.04 Å². The van der Waals surface area contributed by atoms with Gasteiger partial charge >= 0.3 is 0 Å². The first-order valence-corrected chi connectivity index (χ1v) is 7.92. The summed E-state index contributed by atoms with van der Waals surface area (Å²) in [6.07, 6.45) is 6.60. The maximum Gasteiger partial charge on any atom is 0.143 e. The average Bonchev–Trinajstić information content (AvgIpc) is 2.91. The molecule has 0 atom stereocenters. The van der Waals surface area contributed by atoms with Crippen molar-refractivity contribution in [2.24, 2.45) is 0 Å². The third kappa shape index (κ3) is 3.26. The Morgan fingerprint density at radius 1 is 1.30 bits per heavy atom. The van der Waals surface area contributed by atoms with E-state index in [-0.39, 0.29) is 5.60 Å². The van der Waals surface area contributed by atoms with Crippen LogP contribution in [-0.4, -0.2) is 24.7 Å². The monoisotopic (exact) mass is 274 g/mol. The second-order valence-corrected chi connectivity index (χ2v) is 6.73. The smallest absolute Gasteiger partial charge is 0.143 e. The molecule has 0 aromatic heterocycles. The Balaban J connectivity index is 1.55. The molecule has 0 radical (unpaired) electrons. The van der Waals surface area contributed by atoms with Crippen LogP contribution in [0.2, 0.25) is 0 Å². The summed E-state index contributed by atoms with van der Waals surface area (Å²) in [6.45, 7) is 6.17. The van der Waals surface area contributed by atoms with Crippen molar-refractivity contribution in [3.8, 4) is 5.75 Å². The topological polar surface area (TPSA) is 33.3 Å². The minimum atomic E-state index is -0.113. The van der Waals surface area contributed by atoms with Gasteiger partial charge in [-0.1, -0.05) is 18.9 Å². The zero-order valence-electron chi connectivity index (χ0n) is 12.7. The van der Waals surface area contributed by atoms with Gasteiger partial charge in [0.25, 0.3) is 0 Å². The van der Waals surface area contributed by atoms with Gasteiger partial charge in [0.1, 0.15) is 11.4 Å². The van der Waals surface area contributed by atoms with E-state index in [1.165, 1.54) is 31.2 Å². The zero-order chi connectivity index (χ0) is 14.0. The minimum Gasteiger partial charge on any atom is -0.484 e. The number of nitrogens with one attached hydrogen (secondary N) is 2. The van der Waals surface area contributed by atoms with E-state index in [4.69, 9.17) is 4.74 Å². The Labute approximate surface area is 122 Å². The van der Waals surface area contributed by atoms with E-state index >= 15 is 0 Å². The van der Waals surface area contributed by atoms with Gasteiger partial charge in [-0.3, -0.25) is 0 Å². The maximum absolute atomic E-state index is 5.98. The van der Waals surface area contributed by atoms with Crippen LogP contribution in [-0.2, 0) is 6.42 Å². The second kappa shape index (κ2) is 5.65. The number of hydrogen-bond acceptors (Lipinski definition) is 3. The summed E-state index contributed by atoms with van der Waals surface area (Å²) >= 11 is 0. The molecule has 1 aromatic carbocycles. The van der Waals surface area contributed by atoms with E-state index in [1.54, 1.807) is 0 Å². The van der Waals surface area contributed by atoms with Crippen LogP contribution in [0.1, 0.15) is 45.1 Å². The van der Waals surface area contributed by atoms with E-state index < -0.39 is 0 Å². The largest absolute Gasteiger partial charge is 0.484 e. The molecule has 2 N–H and O–H groups in total. The molecule has 1 aliphatic heterocycles. The molecule has 0 amide bonds. The van der Waals surface area contributed by atoms with Crippen LogP contribution in [0.4, 0.5) is 5.69 Å². The lowest BCUT2D eigenvalue weighted by Gasteiger charge is -2.33. The van der Waals surface area contributed by atoms with Crippen LogP contribution in [0.5, 0.6) is 5.75 Å². The fraction of sp³-hybridized carbons (Fsp3) is 0.647. The number of fused-ring (bicyclic) bond motifs is 1. The van der Waals surface area contributed by atoms with Gasteiger partial charge in [-0.05, 0) is 57.4 Å². The molecule has 1 aromatic rings. The third-order valence-corrected chi connectivity index (χ3v) is 4.34. The van der Waals surface area contributed by atoms with Crippen molar-refractivity contribution in [1.82, 2.24) is 5.32 Å². The van der Waals surface area contributed by atoms with E-state index in [9.17, 15) is 0 Å². The van der Waals surface area contributed by atoms with Gasteiger partial charge in [-0.25, -0.2) is 0 Å². The average molecular weight is 274 g/mol. The van der Waals surface area contributed by atoms with Crippen LogP contribution in [0.3, 0.4) is 0 Å². The number of ether oxygens (including phenoxy) is 1. The normalized spacial score (nSPS) is 21.1. The van der Waals surface area contributed by atoms with Gasteiger partial charge in [0.2, 0.25) is 0 Å². The summed E-state index contributed by atoms with van der Waals surface area (Å²) in [4.78, 5) is 0. The van der Waals surface area contributed by atoms with Crippen LogP contribution in [0.25, 0.3) is 0 Å². The Morgan fingerprint density at radius 2 is 2.10 bits per heavy atom. The van der Waals surface area contributed by atoms with Crippen molar-refractivity contribution in [1.29, 1.82) is 0 Å². The Hall–Kier alpha value is -1.22. The summed E-state index contributed by atoms with van der Waals surface area (Å²) in [7, 11) is 0. The minimum absolute atomic E-state index is 0.113. The quantitative estimate of drug-likeness (QED) is 0.883. The lowest BCUT2D eigenvalue weighted by Crippen LogP contribution is -2.40. The van der Waals surface area contributed by atoms with Crippen molar-refractivity contribution >= 4 is 5.69 Å². The van der Waals surface area contributed by atoms with Gasteiger partial charge in [-0.15, -0.1) is 0 Å². The lowest BCUT2D eigenvalue weighted by molar-refractivity contribution is 0.116. The fourth-order valence-corrected chi connectivity index (χ4v) is 3.15. The summed E-state index contributed by atoms with van der Waals surface area (Å²) in [5.74, 6) is 0.980. The highest BCUT2D eigenvalue weighted by atomic mass is 16.5. The summed E-state index contributed by atoms with van der Waals surface area (Å²) in [5, 5.41) is 7.15. The van der Waals surface area contributed by atoms with E-state index in [2.05, 4.69) is 42.7 Å². The van der Waals surface area contributed by atoms with Crippen molar-refractivity contribution in [3.05, 3.63) is 23.8 Å². The molecule has 3 rings (SSSR count). The maximum atomic E-state index is 5.98. The molecule has 110 valence electrons. The van der Waals surface area contributed by atoms with Crippen molar-refractivity contribution in [3.63, 3.8) is 0 Å². The summed E-state index contributed by atoms with van der Waals surface area (Å²) < 4.78 is 5.98. The molecule has 3 nitrogen and oxygen atoms in total. The Morgan fingerprint density at radius 3 is 2.90 bits per heavy atom. The molecule has 0 spiro atoms. The van der Waals surface area contributed by atoms with E-state index in [0.717, 1.165) is 37.0 Å². The van der Waals surface area contributed by atoms with E-state index in [1.807, 2.05) is 0 Å². The number of anilines is 1. The molecule has 1 aliphatic carbocycles. The standard InChI is InChI=1S/C17H26N2O/c1-17(2)12-19-15-11-13(7-8-16(15)20-17)9-10-18-14-5-3-4-6-14/h7-8,11,14,18-19H,3-6,9-10,12H2,1-2H3. The van der Waals surface area contributed by atoms with Gasteiger partial charge < -0.3 is 15.4 Å². The first-order chi connectivity index (χ1) is 9.62. The highest BCUT2D eigenvalue weighted by Gasteiger charge is 2.26. The first-order valence-electron chi connectivity index (χ1n) is 7.92. The lowest BCUT2D eigenvalue weighted by atomic mass is 10.0. The predicted octanol–water partition coefficient (Wildman–Crippen LogP) is 3.34. The Kier molecular flexibility index (Phi) is 3.88. The molecular formula is C17H26N2O. The number of rotatable bonds is 4. The second-order valence-electron chi connectivity index (χ2n) is 6.73. The van der Waals surface area contributed by atoms with E-state index in [0.29, 0.717) is 0 Å². The number of benzene rings is 1. The summed E-state index contributed by atoms with van der Waals surface area (Å²) in [6, 6.07) is 7.29. The molecule has 1 fully saturated rings. The molecule has 2 aliphatic rings. The molecule has 1 heterocycles. The van der Waals surface area contributed by atoms with Crippen molar-refractivity contribution in [2.45, 2.75) is 57.6 Å². The number of hydrogen-bond donors (Lipinski definition) is 2. The molecule has 0 bridgehead atoms. The van der Waals surface area contributed by atoms with Gasteiger partial charge in [0.05, 0.1) is 12.2 Å². The first kappa shape index (κ1) is 13.7. The van der Waals surface area contributed by atoms with Gasteiger partial charge in [0.15, 0.2) is 0 Å². The molecule has 20 heavy (non-hydrogen) atoms. The fourth-order valence-electron chi connectivity index (χ4n) is 3.15. The van der Waals surface area contributed by atoms with Crippen LogP contribution in [0, 0.1) is 0 Å².